The molecule has 0 bridgehead atoms. The molecule has 0 radical (unpaired) electrons. The molecule has 1 rings (SSSR count). The van der Waals surface area contributed by atoms with Crippen LogP contribution in [-0.4, -0.2) is 47.2 Å². The molecule has 1 aromatic rings. The number of rotatable bonds is 5. The van der Waals surface area contributed by atoms with Crippen molar-refractivity contribution in [1.29, 1.82) is 0 Å². The van der Waals surface area contributed by atoms with Gasteiger partial charge in [-0.1, -0.05) is 0 Å². The van der Waals surface area contributed by atoms with Crippen molar-refractivity contribution in [2.45, 2.75) is 13.0 Å². The standard InChI is InChI=1S/C9H17N5OS/c1-6(5-16-4)14(2)8-11-7(10)12-9(13-8)15-3/h6H,5H2,1-4H3,(H2,10,11,12,13). The van der Waals surface area contributed by atoms with Gasteiger partial charge >= 0.3 is 6.01 Å². The van der Waals surface area contributed by atoms with Gasteiger partial charge in [0.25, 0.3) is 0 Å². The Balaban J connectivity index is 2.89. The highest BCUT2D eigenvalue weighted by Crippen LogP contribution is 2.15. The molecule has 0 saturated carbocycles. The van der Waals surface area contributed by atoms with Crippen molar-refractivity contribution in [1.82, 2.24) is 15.0 Å². The zero-order valence-corrected chi connectivity index (χ0v) is 10.8. The van der Waals surface area contributed by atoms with Crippen LogP contribution in [0.5, 0.6) is 6.01 Å². The Bertz CT molecular complexity index is 349. The van der Waals surface area contributed by atoms with E-state index in [1.165, 1.54) is 7.11 Å². The summed E-state index contributed by atoms with van der Waals surface area (Å²) in [6.45, 7) is 2.10. The van der Waals surface area contributed by atoms with E-state index in [1.807, 2.05) is 11.9 Å². The summed E-state index contributed by atoms with van der Waals surface area (Å²) in [5.74, 6) is 1.70. The lowest BCUT2D eigenvalue weighted by Gasteiger charge is -2.24. The Kier molecular flexibility index (Phi) is 4.60. The first-order valence-electron chi connectivity index (χ1n) is 4.85. The van der Waals surface area contributed by atoms with Crippen LogP contribution in [0.4, 0.5) is 11.9 Å². The molecule has 0 aliphatic carbocycles. The van der Waals surface area contributed by atoms with Crippen molar-refractivity contribution in [3.05, 3.63) is 0 Å². The largest absolute Gasteiger partial charge is 0.467 e. The highest BCUT2D eigenvalue weighted by molar-refractivity contribution is 7.98. The lowest BCUT2D eigenvalue weighted by molar-refractivity contribution is 0.379. The van der Waals surface area contributed by atoms with Gasteiger partial charge in [0.2, 0.25) is 11.9 Å². The third-order valence-electron chi connectivity index (χ3n) is 2.19. The van der Waals surface area contributed by atoms with Crippen LogP contribution in [0.25, 0.3) is 0 Å². The van der Waals surface area contributed by atoms with Crippen LogP contribution in [0.3, 0.4) is 0 Å². The van der Waals surface area contributed by atoms with Gasteiger partial charge in [-0.25, -0.2) is 0 Å². The number of hydrogen-bond acceptors (Lipinski definition) is 7. The van der Waals surface area contributed by atoms with Crippen molar-refractivity contribution in [2.24, 2.45) is 0 Å². The van der Waals surface area contributed by atoms with E-state index in [9.17, 15) is 0 Å². The summed E-state index contributed by atoms with van der Waals surface area (Å²) in [6, 6.07) is 0.562. The molecular formula is C9H17N5OS. The number of nitrogen functional groups attached to an aromatic ring is 1. The Labute approximate surface area is 99.6 Å². The molecule has 6 nitrogen and oxygen atoms in total. The van der Waals surface area contributed by atoms with E-state index in [0.29, 0.717) is 12.0 Å². The Hall–Kier alpha value is -1.24. The number of thioether (sulfide) groups is 1. The molecule has 1 unspecified atom stereocenters. The predicted molar refractivity (Wildman–Crippen MR) is 67.0 cm³/mol. The highest BCUT2D eigenvalue weighted by Gasteiger charge is 2.14. The normalized spacial score (nSPS) is 12.2. The molecule has 0 saturated heterocycles. The number of nitrogens with zero attached hydrogens (tertiary/aromatic N) is 4. The van der Waals surface area contributed by atoms with Crippen LogP contribution in [0.15, 0.2) is 0 Å². The number of hydrogen-bond donors (Lipinski definition) is 1. The average Bonchev–Trinajstić information content (AvgIpc) is 2.27. The number of methoxy groups -OCH3 is 1. The summed E-state index contributed by atoms with van der Waals surface area (Å²) in [7, 11) is 3.43. The minimum atomic E-state index is 0.171. The second-order valence-corrected chi connectivity index (χ2v) is 4.31. The van der Waals surface area contributed by atoms with E-state index in [2.05, 4.69) is 28.1 Å². The molecule has 0 aromatic carbocycles. The van der Waals surface area contributed by atoms with Crippen LogP contribution in [0.2, 0.25) is 0 Å². The number of nitrogens with two attached hydrogens (primary N) is 1. The molecule has 0 spiro atoms. The van der Waals surface area contributed by atoms with Crippen molar-refractivity contribution >= 4 is 23.7 Å². The lowest BCUT2D eigenvalue weighted by atomic mass is 10.3. The quantitative estimate of drug-likeness (QED) is 0.813. The van der Waals surface area contributed by atoms with Crippen molar-refractivity contribution in [3.8, 4) is 6.01 Å². The van der Waals surface area contributed by atoms with Crippen molar-refractivity contribution < 1.29 is 4.74 Å². The molecule has 0 amide bonds. The van der Waals surface area contributed by atoms with Gasteiger partial charge in [0, 0.05) is 18.8 Å². The van der Waals surface area contributed by atoms with Gasteiger partial charge in [-0.15, -0.1) is 0 Å². The van der Waals surface area contributed by atoms with Gasteiger partial charge in [0.1, 0.15) is 0 Å². The topological polar surface area (TPSA) is 77.2 Å². The number of ether oxygens (including phenoxy) is 1. The van der Waals surface area contributed by atoms with E-state index in [4.69, 9.17) is 10.5 Å². The maximum absolute atomic E-state index is 5.57. The van der Waals surface area contributed by atoms with E-state index >= 15 is 0 Å². The van der Waals surface area contributed by atoms with Crippen LogP contribution in [-0.2, 0) is 0 Å². The number of anilines is 2. The molecule has 0 aliphatic rings. The second-order valence-electron chi connectivity index (χ2n) is 3.40. The molecule has 1 aromatic heterocycles. The fourth-order valence-corrected chi connectivity index (χ4v) is 1.87. The van der Waals surface area contributed by atoms with Gasteiger partial charge in [-0.3, -0.25) is 0 Å². The molecular weight excluding hydrogens is 226 g/mol. The fourth-order valence-electron chi connectivity index (χ4n) is 1.16. The summed E-state index contributed by atoms with van der Waals surface area (Å²) >= 11 is 1.77. The molecule has 1 heterocycles. The third-order valence-corrected chi connectivity index (χ3v) is 3.00. The first kappa shape index (κ1) is 12.8. The van der Waals surface area contributed by atoms with Crippen LogP contribution in [0, 0.1) is 0 Å². The van der Waals surface area contributed by atoms with Crippen LogP contribution >= 0.6 is 11.8 Å². The SMILES string of the molecule is COc1nc(N)nc(N(C)C(C)CSC)n1. The summed E-state index contributed by atoms with van der Waals surface area (Å²) in [5, 5.41) is 0. The average molecular weight is 243 g/mol. The zero-order valence-electron chi connectivity index (χ0n) is 9.97. The maximum atomic E-state index is 5.57. The lowest BCUT2D eigenvalue weighted by Crippen LogP contribution is -2.32. The summed E-state index contributed by atoms with van der Waals surface area (Å²) < 4.78 is 4.95. The molecule has 0 aliphatic heterocycles. The molecule has 90 valence electrons. The summed E-state index contributed by atoms with van der Waals surface area (Å²) in [6.07, 6.45) is 2.06. The summed E-state index contributed by atoms with van der Waals surface area (Å²) in [5.41, 5.74) is 5.57. The monoisotopic (exact) mass is 243 g/mol. The molecule has 16 heavy (non-hydrogen) atoms. The van der Waals surface area contributed by atoms with Crippen LogP contribution in [0.1, 0.15) is 6.92 Å². The minimum absolute atomic E-state index is 0.171. The molecule has 1 atom stereocenters. The minimum Gasteiger partial charge on any atom is -0.467 e. The predicted octanol–water partition coefficient (Wildman–Crippen LogP) is 0.650. The van der Waals surface area contributed by atoms with Crippen LogP contribution < -0.4 is 15.4 Å². The Morgan fingerprint density at radius 1 is 1.44 bits per heavy atom. The first-order chi connectivity index (χ1) is 7.58. The maximum Gasteiger partial charge on any atom is 0.322 e. The molecule has 7 heteroatoms. The fraction of sp³-hybridized carbons (Fsp3) is 0.667. The number of aromatic nitrogens is 3. The second kappa shape index (κ2) is 5.74. The van der Waals surface area contributed by atoms with Gasteiger partial charge in [-0.2, -0.15) is 26.7 Å². The van der Waals surface area contributed by atoms with Crippen molar-refractivity contribution in [2.75, 3.05) is 36.8 Å². The van der Waals surface area contributed by atoms with E-state index in [1.54, 1.807) is 11.8 Å². The summed E-state index contributed by atoms with van der Waals surface area (Å²) in [4.78, 5) is 14.0. The third kappa shape index (κ3) is 3.13. The van der Waals surface area contributed by atoms with Gasteiger partial charge in [0.05, 0.1) is 7.11 Å². The van der Waals surface area contributed by atoms with E-state index < -0.39 is 0 Å². The van der Waals surface area contributed by atoms with E-state index in [-0.39, 0.29) is 12.0 Å². The van der Waals surface area contributed by atoms with Gasteiger partial charge in [-0.05, 0) is 13.2 Å². The van der Waals surface area contributed by atoms with Gasteiger partial charge in [0.15, 0.2) is 0 Å². The first-order valence-corrected chi connectivity index (χ1v) is 6.25. The van der Waals surface area contributed by atoms with Gasteiger partial charge < -0.3 is 15.4 Å². The molecule has 0 fully saturated rings. The Morgan fingerprint density at radius 3 is 2.69 bits per heavy atom. The van der Waals surface area contributed by atoms with E-state index in [0.717, 1.165) is 5.75 Å². The zero-order chi connectivity index (χ0) is 12.1. The Morgan fingerprint density at radius 2 is 2.12 bits per heavy atom. The highest BCUT2D eigenvalue weighted by atomic mass is 32.2. The molecule has 2 N–H and O–H groups in total. The van der Waals surface area contributed by atoms with Crippen molar-refractivity contribution in [3.63, 3.8) is 0 Å². The smallest absolute Gasteiger partial charge is 0.322 e.